The highest BCUT2D eigenvalue weighted by Crippen LogP contribution is 2.23. The van der Waals surface area contributed by atoms with Gasteiger partial charge >= 0.3 is 0 Å². The predicted octanol–water partition coefficient (Wildman–Crippen LogP) is 2.91. The molecule has 0 bridgehead atoms. The van der Waals surface area contributed by atoms with Crippen LogP contribution in [0.2, 0.25) is 0 Å². The number of amides is 1. The Kier molecular flexibility index (Phi) is 4.56. The maximum atomic E-state index is 13.1. The number of aromatic nitrogens is 4. The van der Waals surface area contributed by atoms with Crippen LogP contribution in [0.4, 0.5) is 0 Å². The maximum Gasteiger partial charge on any atom is 0.270 e. The van der Waals surface area contributed by atoms with Crippen LogP contribution in [0.1, 0.15) is 40.5 Å². The predicted molar refractivity (Wildman–Crippen MR) is 98.9 cm³/mol. The van der Waals surface area contributed by atoms with Gasteiger partial charge in [-0.05, 0) is 55.2 Å². The number of nitrogens with zero attached hydrogens (tertiary/aromatic N) is 5. The highest BCUT2D eigenvalue weighted by Gasteiger charge is 2.27. The van der Waals surface area contributed by atoms with E-state index in [9.17, 15) is 4.79 Å². The van der Waals surface area contributed by atoms with Crippen molar-refractivity contribution in [2.75, 3.05) is 13.1 Å². The smallest absolute Gasteiger partial charge is 0.270 e. The van der Waals surface area contributed by atoms with Crippen LogP contribution in [0.15, 0.2) is 55.2 Å². The van der Waals surface area contributed by atoms with Crippen molar-refractivity contribution in [1.82, 2.24) is 24.2 Å². The van der Waals surface area contributed by atoms with Crippen molar-refractivity contribution < 1.29 is 4.79 Å². The highest BCUT2D eigenvalue weighted by atomic mass is 16.2. The summed E-state index contributed by atoms with van der Waals surface area (Å²) in [6.07, 6.45) is 11.5. The Bertz CT molecular complexity index is 883. The second-order valence-corrected chi connectivity index (χ2v) is 6.92. The van der Waals surface area contributed by atoms with Gasteiger partial charge in [0.2, 0.25) is 0 Å². The first-order valence-corrected chi connectivity index (χ1v) is 9.05. The lowest BCUT2D eigenvalue weighted by Gasteiger charge is -2.33. The van der Waals surface area contributed by atoms with E-state index in [0.717, 1.165) is 36.2 Å². The number of carbonyl (C=O) groups excluding carboxylic acids is 1. The topological polar surface area (TPSA) is 56.0 Å². The second-order valence-electron chi connectivity index (χ2n) is 6.92. The van der Waals surface area contributed by atoms with Crippen LogP contribution in [0, 0.1) is 6.92 Å². The van der Waals surface area contributed by atoms with Gasteiger partial charge in [-0.3, -0.25) is 14.5 Å². The molecule has 0 N–H and O–H groups in total. The van der Waals surface area contributed by atoms with Crippen LogP contribution in [0.5, 0.6) is 0 Å². The lowest BCUT2D eigenvalue weighted by molar-refractivity contribution is 0.0662. The number of likely N-dealkylation sites (tertiary alicyclic amines) is 1. The standard InChI is InChI=1S/C20H23N5O/c1-16-12-22-25(13-16)18-4-2-11-24(15-18)20(26)19-5-3-10-23(19)14-17-6-8-21-9-7-17/h3,5-10,12-13,18H,2,4,11,14-15H2,1H3/t18-/m1/s1. The van der Waals surface area contributed by atoms with E-state index in [4.69, 9.17) is 0 Å². The Morgan fingerprint density at radius 1 is 1.27 bits per heavy atom. The van der Waals surface area contributed by atoms with Crippen molar-refractivity contribution in [3.63, 3.8) is 0 Å². The maximum absolute atomic E-state index is 13.1. The average Bonchev–Trinajstić information content (AvgIpc) is 3.31. The number of hydrogen-bond donors (Lipinski definition) is 0. The first-order valence-electron chi connectivity index (χ1n) is 9.05. The summed E-state index contributed by atoms with van der Waals surface area (Å²) < 4.78 is 4.02. The van der Waals surface area contributed by atoms with Crippen molar-refractivity contribution in [3.8, 4) is 0 Å². The Hall–Kier alpha value is -2.89. The molecule has 3 aromatic rings. The molecule has 1 aliphatic rings. The molecule has 3 aromatic heterocycles. The van der Waals surface area contributed by atoms with Crippen molar-refractivity contribution in [2.45, 2.75) is 32.4 Å². The van der Waals surface area contributed by atoms with E-state index in [1.54, 1.807) is 12.4 Å². The minimum Gasteiger partial charge on any atom is -0.339 e. The van der Waals surface area contributed by atoms with E-state index in [1.807, 2.05) is 57.7 Å². The fraction of sp³-hybridized carbons (Fsp3) is 0.350. The molecule has 0 spiro atoms. The van der Waals surface area contributed by atoms with E-state index >= 15 is 0 Å². The Balaban J connectivity index is 1.50. The SMILES string of the molecule is Cc1cnn([C@@H]2CCCN(C(=O)c3cccn3Cc3ccncc3)C2)c1. The van der Waals surface area contributed by atoms with Gasteiger partial charge in [0.15, 0.2) is 0 Å². The third-order valence-corrected chi connectivity index (χ3v) is 4.94. The molecular weight excluding hydrogens is 326 g/mol. The van der Waals surface area contributed by atoms with Gasteiger partial charge in [-0.2, -0.15) is 5.10 Å². The summed E-state index contributed by atoms with van der Waals surface area (Å²) in [7, 11) is 0. The van der Waals surface area contributed by atoms with E-state index in [2.05, 4.69) is 16.3 Å². The zero-order valence-corrected chi connectivity index (χ0v) is 15.0. The van der Waals surface area contributed by atoms with Crippen LogP contribution in [-0.4, -0.2) is 43.2 Å². The molecule has 0 radical (unpaired) electrons. The van der Waals surface area contributed by atoms with Gasteiger partial charge in [0.25, 0.3) is 5.91 Å². The highest BCUT2D eigenvalue weighted by molar-refractivity contribution is 5.92. The molecule has 4 heterocycles. The number of hydrogen-bond acceptors (Lipinski definition) is 3. The minimum atomic E-state index is 0.0950. The summed E-state index contributed by atoms with van der Waals surface area (Å²) in [4.78, 5) is 19.1. The quantitative estimate of drug-likeness (QED) is 0.728. The molecule has 0 unspecified atom stereocenters. The van der Waals surface area contributed by atoms with E-state index in [1.165, 1.54) is 0 Å². The summed E-state index contributed by atoms with van der Waals surface area (Å²) in [6, 6.07) is 8.05. The molecule has 6 heteroatoms. The van der Waals surface area contributed by atoms with Gasteiger partial charge in [-0.25, -0.2) is 0 Å². The number of carbonyl (C=O) groups is 1. The third-order valence-electron chi connectivity index (χ3n) is 4.94. The van der Waals surface area contributed by atoms with Crippen LogP contribution >= 0.6 is 0 Å². The molecule has 6 nitrogen and oxygen atoms in total. The molecule has 1 aliphatic heterocycles. The molecule has 1 fully saturated rings. The summed E-state index contributed by atoms with van der Waals surface area (Å²) in [5.41, 5.74) is 3.02. The fourth-order valence-electron chi connectivity index (χ4n) is 3.58. The van der Waals surface area contributed by atoms with Crippen molar-refractivity contribution in [3.05, 3.63) is 72.1 Å². The molecule has 0 saturated carbocycles. The minimum absolute atomic E-state index is 0.0950. The molecule has 1 amide bonds. The van der Waals surface area contributed by atoms with Gasteiger partial charge in [-0.15, -0.1) is 0 Å². The van der Waals surface area contributed by atoms with Gasteiger partial charge < -0.3 is 9.47 Å². The molecule has 1 saturated heterocycles. The van der Waals surface area contributed by atoms with E-state index in [-0.39, 0.29) is 11.9 Å². The number of aryl methyl sites for hydroxylation is 1. The second kappa shape index (κ2) is 7.15. The normalized spacial score (nSPS) is 17.4. The largest absolute Gasteiger partial charge is 0.339 e. The van der Waals surface area contributed by atoms with E-state index < -0.39 is 0 Å². The van der Waals surface area contributed by atoms with Crippen LogP contribution in [0.25, 0.3) is 0 Å². The molecule has 26 heavy (non-hydrogen) atoms. The van der Waals surface area contributed by atoms with Gasteiger partial charge in [0.05, 0.1) is 12.2 Å². The fourth-order valence-corrected chi connectivity index (χ4v) is 3.58. The third kappa shape index (κ3) is 3.40. The van der Waals surface area contributed by atoms with Crippen molar-refractivity contribution >= 4 is 5.91 Å². The zero-order chi connectivity index (χ0) is 17.9. The van der Waals surface area contributed by atoms with Crippen molar-refractivity contribution in [1.29, 1.82) is 0 Å². The number of pyridine rings is 1. The first-order chi connectivity index (χ1) is 12.7. The number of piperidine rings is 1. The van der Waals surface area contributed by atoms with E-state index in [0.29, 0.717) is 13.1 Å². The first kappa shape index (κ1) is 16.6. The van der Waals surface area contributed by atoms with Gasteiger partial charge in [0.1, 0.15) is 5.69 Å². The molecule has 0 aliphatic carbocycles. The summed E-state index contributed by atoms with van der Waals surface area (Å²) in [6.45, 7) is 4.23. The van der Waals surface area contributed by atoms with Crippen LogP contribution < -0.4 is 0 Å². The Labute approximate surface area is 153 Å². The van der Waals surface area contributed by atoms with Crippen molar-refractivity contribution in [2.24, 2.45) is 0 Å². The van der Waals surface area contributed by atoms with Crippen LogP contribution in [-0.2, 0) is 6.54 Å². The van der Waals surface area contributed by atoms with Crippen LogP contribution in [0.3, 0.4) is 0 Å². The van der Waals surface area contributed by atoms with Gasteiger partial charge in [0, 0.05) is 44.4 Å². The summed E-state index contributed by atoms with van der Waals surface area (Å²) >= 11 is 0. The zero-order valence-electron chi connectivity index (χ0n) is 15.0. The summed E-state index contributed by atoms with van der Waals surface area (Å²) in [5, 5.41) is 4.44. The summed E-state index contributed by atoms with van der Waals surface area (Å²) in [5.74, 6) is 0.0950. The lowest BCUT2D eigenvalue weighted by Crippen LogP contribution is -2.41. The molecule has 134 valence electrons. The molecular formula is C20H23N5O. The molecule has 0 aromatic carbocycles. The Morgan fingerprint density at radius 2 is 2.12 bits per heavy atom. The molecule has 4 rings (SSSR count). The van der Waals surface area contributed by atoms with Gasteiger partial charge in [-0.1, -0.05) is 0 Å². The lowest BCUT2D eigenvalue weighted by atomic mass is 10.1. The monoisotopic (exact) mass is 349 g/mol. The average molecular weight is 349 g/mol. The molecule has 1 atom stereocenters. The Morgan fingerprint density at radius 3 is 2.88 bits per heavy atom. The number of rotatable bonds is 4.